The van der Waals surface area contributed by atoms with Crippen LogP contribution in [0.25, 0.3) is 0 Å². The summed E-state index contributed by atoms with van der Waals surface area (Å²) in [5.74, 6) is -0.320. The fourth-order valence-corrected chi connectivity index (χ4v) is 3.00. The lowest BCUT2D eigenvalue weighted by molar-refractivity contribution is -0.114. The molecule has 3 rings (SSSR count). The normalized spacial score (nSPS) is 13.8. The maximum atomic E-state index is 12.1. The van der Waals surface area contributed by atoms with Gasteiger partial charge in [-0.25, -0.2) is 0 Å². The summed E-state index contributed by atoms with van der Waals surface area (Å²) in [6, 6.07) is 9.17. The van der Waals surface area contributed by atoms with Crippen molar-refractivity contribution < 1.29 is 14.3 Å². The molecule has 4 nitrogen and oxygen atoms in total. The minimum atomic E-state index is -0.454. The number of ether oxygens (including phenoxy) is 1. The van der Waals surface area contributed by atoms with Crippen LogP contribution in [0.3, 0.4) is 0 Å². The van der Waals surface area contributed by atoms with Gasteiger partial charge in [-0.3, -0.25) is 9.59 Å². The van der Waals surface area contributed by atoms with Crippen molar-refractivity contribution in [3.05, 3.63) is 46.2 Å². The molecule has 0 radical (unpaired) electrons. The molecule has 0 bridgehead atoms. The first-order valence-corrected chi connectivity index (χ1v) is 7.15. The second-order valence-electron chi connectivity index (χ2n) is 4.50. The van der Waals surface area contributed by atoms with Crippen molar-refractivity contribution in [2.45, 2.75) is 6.42 Å². The van der Waals surface area contributed by atoms with Crippen LogP contribution in [0.1, 0.15) is 15.2 Å². The van der Waals surface area contributed by atoms with Crippen LogP contribution in [0.4, 0.5) is 5.69 Å². The van der Waals surface area contributed by atoms with Crippen LogP contribution in [-0.2, 0) is 11.2 Å². The van der Waals surface area contributed by atoms with Crippen LogP contribution in [0, 0.1) is 0 Å². The fourth-order valence-electron chi connectivity index (χ4n) is 2.31. The number of carbonyl (C=O) groups is 2. The van der Waals surface area contributed by atoms with Gasteiger partial charge in [0.2, 0.25) is 0 Å². The molecule has 0 spiro atoms. The molecule has 0 unspecified atom stereocenters. The molecule has 102 valence electrons. The molecule has 2 aromatic rings. The van der Waals surface area contributed by atoms with E-state index in [4.69, 9.17) is 4.74 Å². The molecule has 0 saturated carbocycles. The molecule has 5 heteroatoms. The second kappa shape index (κ2) is 5.09. The van der Waals surface area contributed by atoms with E-state index >= 15 is 0 Å². The smallest absolute Gasteiger partial charge is 0.299 e. The van der Waals surface area contributed by atoms with Gasteiger partial charge in [-0.2, -0.15) is 0 Å². The van der Waals surface area contributed by atoms with Crippen LogP contribution in [0.5, 0.6) is 5.75 Å². The Hall–Kier alpha value is -2.14. The minimum absolute atomic E-state index is 0.431. The second-order valence-corrected chi connectivity index (χ2v) is 5.53. The summed E-state index contributed by atoms with van der Waals surface area (Å²) >= 11 is 1.65. The highest BCUT2D eigenvalue weighted by Crippen LogP contribution is 2.32. The van der Waals surface area contributed by atoms with Crippen molar-refractivity contribution in [2.24, 2.45) is 0 Å². The number of nitrogens with zero attached hydrogens (tertiary/aromatic N) is 1. The number of ketones is 1. The number of Topliss-reactive ketones (excluding diaryl/α,β-unsaturated/α-hetero) is 1. The van der Waals surface area contributed by atoms with E-state index in [1.807, 2.05) is 17.5 Å². The minimum Gasteiger partial charge on any atom is -0.497 e. The maximum absolute atomic E-state index is 12.1. The van der Waals surface area contributed by atoms with E-state index in [9.17, 15) is 9.59 Å². The highest BCUT2D eigenvalue weighted by atomic mass is 32.1. The van der Waals surface area contributed by atoms with Crippen LogP contribution in [0.2, 0.25) is 0 Å². The van der Waals surface area contributed by atoms with E-state index in [0.29, 0.717) is 23.5 Å². The topological polar surface area (TPSA) is 46.6 Å². The number of rotatable bonds is 4. The van der Waals surface area contributed by atoms with Crippen LogP contribution < -0.4 is 9.64 Å². The van der Waals surface area contributed by atoms with E-state index < -0.39 is 11.7 Å². The summed E-state index contributed by atoms with van der Waals surface area (Å²) < 4.78 is 5.10. The van der Waals surface area contributed by atoms with Gasteiger partial charge in [-0.05, 0) is 36.1 Å². The molecule has 0 aliphatic carbocycles. The van der Waals surface area contributed by atoms with Gasteiger partial charge in [-0.15, -0.1) is 11.3 Å². The molecule has 1 aromatic heterocycles. The fraction of sp³-hybridized carbons (Fsp3) is 0.200. The Morgan fingerprint density at radius 1 is 1.25 bits per heavy atom. The van der Waals surface area contributed by atoms with E-state index in [1.165, 1.54) is 12.0 Å². The van der Waals surface area contributed by atoms with Crippen molar-refractivity contribution in [1.29, 1.82) is 0 Å². The monoisotopic (exact) mass is 287 g/mol. The van der Waals surface area contributed by atoms with E-state index in [0.717, 1.165) is 6.42 Å². The molecule has 1 aliphatic heterocycles. The van der Waals surface area contributed by atoms with Gasteiger partial charge >= 0.3 is 0 Å². The standard InChI is InChI=1S/C15H13NO3S/c1-19-10-4-5-13-12(9-10)14(17)15(18)16(13)7-6-11-3-2-8-20-11/h2-5,8-9H,6-7H2,1H3. The highest BCUT2D eigenvalue weighted by molar-refractivity contribution is 7.09. The predicted octanol–water partition coefficient (Wildman–Crippen LogP) is 2.53. The lowest BCUT2D eigenvalue weighted by Gasteiger charge is -2.16. The molecular weight excluding hydrogens is 274 g/mol. The molecule has 0 N–H and O–H groups in total. The number of amides is 1. The SMILES string of the molecule is COc1ccc2c(c1)C(=O)C(=O)N2CCc1cccs1. The zero-order valence-corrected chi connectivity index (χ0v) is 11.8. The highest BCUT2D eigenvalue weighted by Gasteiger charge is 2.35. The molecule has 20 heavy (non-hydrogen) atoms. The van der Waals surface area contributed by atoms with Crippen molar-refractivity contribution >= 4 is 28.7 Å². The maximum Gasteiger partial charge on any atom is 0.299 e. The van der Waals surface area contributed by atoms with E-state index in [1.54, 1.807) is 34.4 Å². The van der Waals surface area contributed by atoms with Gasteiger partial charge in [0.15, 0.2) is 0 Å². The largest absolute Gasteiger partial charge is 0.497 e. The van der Waals surface area contributed by atoms with E-state index in [2.05, 4.69) is 0 Å². The number of hydrogen-bond donors (Lipinski definition) is 0. The Kier molecular flexibility index (Phi) is 3.28. The number of fused-ring (bicyclic) bond motifs is 1. The average molecular weight is 287 g/mol. The molecule has 1 amide bonds. The summed E-state index contributed by atoms with van der Waals surface area (Å²) in [4.78, 5) is 26.8. The number of carbonyl (C=O) groups excluding carboxylic acids is 2. The average Bonchev–Trinajstić information content (AvgIpc) is 3.06. The third kappa shape index (κ3) is 2.10. The quantitative estimate of drug-likeness (QED) is 0.812. The van der Waals surface area contributed by atoms with Crippen molar-refractivity contribution in [1.82, 2.24) is 0 Å². The van der Waals surface area contributed by atoms with Gasteiger partial charge in [0.1, 0.15) is 5.75 Å². The number of benzene rings is 1. The Balaban J connectivity index is 1.86. The summed E-state index contributed by atoms with van der Waals surface area (Å²) in [6.45, 7) is 0.518. The van der Waals surface area contributed by atoms with Crippen molar-refractivity contribution in [2.75, 3.05) is 18.6 Å². The van der Waals surface area contributed by atoms with Crippen LogP contribution in [-0.4, -0.2) is 25.3 Å². The molecule has 2 heterocycles. The Morgan fingerprint density at radius 2 is 2.10 bits per heavy atom. The Labute approximate surface area is 120 Å². The Morgan fingerprint density at radius 3 is 2.80 bits per heavy atom. The number of anilines is 1. The molecular formula is C15H13NO3S. The zero-order chi connectivity index (χ0) is 14.1. The predicted molar refractivity (Wildman–Crippen MR) is 77.7 cm³/mol. The number of hydrogen-bond acceptors (Lipinski definition) is 4. The molecule has 0 atom stereocenters. The first-order valence-electron chi connectivity index (χ1n) is 6.27. The molecule has 1 aromatic carbocycles. The third-order valence-corrected chi connectivity index (χ3v) is 4.28. The van der Waals surface area contributed by atoms with Gasteiger partial charge in [-0.1, -0.05) is 6.07 Å². The summed E-state index contributed by atoms with van der Waals surface area (Å²) in [6.07, 6.45) is 0.752. The third-order valence-electron chi connectivity index (χ3n) is 3.34. The first kappa shape index (κ1) is 12.9. The first-order chi connectivity index (χ1) is 9.70. The lowest BCUT2D eigenvalue weighted by atomic mass is 10.1. The zero-order valence-electron chi connectivity index (χ0n) is 11.0. The van der Waals surface area contributed by atoms with Crippen LogP contribution >= 0.6 is 11.3 Å². The molecule has 1 aliphatic rings. The van der Waals surface area contributed by atoms with Gasteiger partial charge in [0, 0.05) is 11.4 Å². The van der Waals surface area contributed by atoms with Crippen molar-refractivity contribution in [3.8, 4) is 5.75 Å². The molecule has 0 fully saturated rings. The van der Waals surface area contributed by atoms with Crippen LogP contribution in [0.15, 0.2) is 35.7 Å². The molecule has 0 saturated heterocycles. The number of thiophene rings is 1. The van der Waals surface area contributed by atoms with E-state index in [-0.39, 0.29) is 0 Å². The van der Waals surface area contributed by atoms with Gasteiger partial charge in [0.05, 0.1) is 18.4 Å². The Bertz CT molecular complexity index is 664. The summed E-state index contributed by atoms with van der Waals surface area (Å²) in [5, 5.41) is 2.01. The van der Waals surface area contributed by atoms with Gasteiger partial charge in [0.25, 0.3) is 11.7 Å². The van der Waals surface area contributed by atoms with Crippen molar-refractivity contribution in [3.63, 3.8) is 0 Å². The number of methoxy groups -OCH3 is 1. The summed E-state index contributed by atoms with van der Waals surface area (Å²) in [7, 11) is 1.54. The summed E-state index contributed by atoms with van der Waals surface area (Å²) in [5.41, 5.74) is 1.11. The van der Waals surface area contributed by atoms with Gasteiger partial charge < -0.3 is 9.64 Å². The lowest BCUT2D eigenvalue weighted by Crippen LogP contribution is -2.31.